The van der Waals surface area contributed by atoms with Crippen LogP contribution in [0.15, 0.2) is 91.3 Å². The maximum absolute atomic E-state index is 13.5. The van der Waals surface area contributed by atoms with Crippen LogP contribution in [0.4, 0.5) is 4.79 Å². The van der Waals surface area contributed by atoms with Crippen LogP contribution in [0.1, 0.15) is 48.1 Å². The van der Waals surface area contributed by atoms with Crippen molar-refractivity contribution in [3.05, 3.63) is 102 Å². The minimum absolute atomic E-state index is 0.00136. The number of rotatable bonds is 4. The average Bonchev–Trinajstić information content (AvgIpc) is 3.64. The topological polar surface area (TPSA) is 57.6 Å². The minimum atomic E-state index is -0.0787. The fourth-order valence-corrected chi connectivity index (χ4v) is 6.23. The van der Waals surface area contributed by atoms with Gasteiger partial charge in [0, 0.05) is 38.6 Å². The number of nitrogens with zero attached hydrogens (tertiary/aromatic N) is 3. The maximum atomic E-state index is 13.5. The summed E-state index contributed by atoms with van der Waals surface area (Å²) < 4.78 is 1.99. The number of amides is 3. The van der Waals surface area contributed by atoms with Gasteiger partial charge in [-0.2, -0.15) is 0 Å². The average molecular weight is 507 g/mol. The molecule has 0 radical (unpaired) electrons. The molecule has 4 aromatic rings. The van der Waals surface area contributed by atoms with E-state index >= 15 is 0 Å². The summed E-state index contributed by atoms with van der Waals surface area (Å²) in [6.07, 6.45) is 6.78. The van der Waals surface area contributed by atoms with Gasteiger partial charge in [0.15, 0.2) is 0 Å². The van der Waals surface area contributed by atoms with Gasteiger partial charge in [0.05, 0.1) is 17.3 Å². The molecule has 2 aliphatic heterocycles. The molecule has 38 heavy (non-hydrogen) atoms. The van der Waals surface area contributed by atoms with Crippen LogP contribution in [0.25, 0.3) is 16.5 Å². The zero-order valence-corrected chi connectivity index (χ0v) is 21.8. The molecule has 0 aliphatic carbocycles. The van der Waals surface area contributed by atoms with Crippen molar-refractivity contribution in [2.75, 3.05) is 26.2 Å². The van der Waals surface area contributed by atoms with Crippen molar-refractivity contribution in [1.29, 1.82) is 0 Å². The molecule has 2 saturated heterocycles. The molecular weight excluding hydrogens is 472 g/mol. The van der Waals surface area contributed by atoms with Gasteiger partial charge in [-0.3, -0.25) is 4.79 Å². The molecule has 194 valence electrons. The van der Waals surface area contributed by atoms with Crippen molar-refractivity contribution in [3.8, 4) is 5.69 Å². The number of aromatic nitrogens is 1. The SMILES string of the molecule is CC(NC(=O)N1CCC2(CCN(C(=O)c3ccccc3-n3cccc3)CC2)C1)c1cccc2ccccc12. The molecule has 2 fully saturated rings. The Labute approximate surface area is 223 Å². The van der Waals surface area contributed by atoms with E-state index in [2.05, 4.69) is 42.6 Å². The molecule has 6 nitrogen and oxygen atoms in total. The zero-order chi connectivity index (χ0) is 26.1. The van der Waals surface area contributed by atoms with Crippen molar-refractivity contribution in [3.63, 3.8) is 0 Å². The Kier molecular flexibility index (Phi) is 6.40. The summed E-state index contributed by atoms with van der Waals surface area (Å²) in [5.74, 6) is 0.0839. The monoisotopic (exact) mass is 506 g/mol. The van der Waals surface area contributed by atoms with Gasteiger partial charge in [0.1, 0.15) is 0 Å². The van der Waals surface area contributed by atoms with E-state index in [1.807, 2.05) is 75.3 Å². The van der Waals surface area contributed by atoms with E-state index in [0.29, 0.717) is 0 Å². The van der Waals surface area contributed by atoms with Crippen molar-refractivity contribution in [2.24, 2.45) is 5.41 Å². The third kappa shape index (κ3) is 4.55. The predicted molar refractivity (Wildman–Crippen MR) is 150 cm³/mol. The van der Waals surface area contributed by atoms with Crippen LogP contribution in [0.5, 0.6) is 0 Å². The van der Waals surface area contributed by atoms with E-state index in [9.17, 15) is 9.59 Å². The molecule has 0 saturated carbocycles. The van der Waals surface area contributed by atoms with Gasteiger partial charge < -0.3 is 19.7 Å². The number of hydrogen-bond donors (Lipinski definition) is 1. The normalized spacial score (nSPS) is 17.6. The first kappa shape index (κ1) is 24.3. The van der Waals surface area contributed by atoms with Crippen LogP contribution in [-0.2, 0) is 0 Å². The molecule has 6 heteroatoms. The van der Waals surface area contributed by atoms with E-state index in [4.69, 9.17) is 0 Å². The minimum Gasteiger partial charge on any atom is -0.339 e. The van der Waals surface area contributed by atoms with Gasteiger partial charge in [0.25, 0.3) is 5.91 Å². The first-order valence-electron chi connectivity index (χ1n) is 13.6. The number of carbonyl (C=O) groups is 2. The Morgan fingerprint density at radius 3 is 2.24 bits per heavy atom. The van der Waals surface area contributed by atoms with Gasteiger partial charge in [-0.1, -0.05) is 54.6 Å². The van der Waals surface area contributed by atoms with Crippen LogP contribution in [0.2, 0.25) is 0 Å². The van der Waals surface area contributed by atoms with Gasteiger partial charge in [-0.05, 0) is 72.2 Å². The second-order valence-electron chi connectivity index (χ2n) is 10.8. The fraction of sp³-hybridized carbons (Fsp3) is 0.312. The van der Waals surface area contributed by atoms with E-state index in [-0.39, 0.29) is 23.4 Å². The third-order valence-corrected chi connectivity index (χ3v) is 8.48. The highest BCUT2D eigenvalue weighted by molar-refractivity contribution is 5.98. The Hall–Kier alpha value is -4.06. The summed E-state index contributed by atoms with van der Waals surface area (Å²) in [6.45, 7) is 5.02. The Balaban J connectivity index is 1.08. The predicted octanol–water partition coefficient (Wildman–Crippen LogP) is 6.03. The molecule has 1 N–H and O–H groups in total. The van der Waals surface area contributed by atoms with Crippen molar-refractivity contribution in [1.82, 2.24) is 19.7 Å². The van der Waals surface area contributed by atoms with E-state index in [1.54, 1.807) is 0 Å². The van der Waals surface area contributed by atoms with Crippen LogP contribution in [0.3, 0.4) is 0 Å². The quantitative estimate of drug-likeness (QED) is 0.367. The van der Waals surface area contributed by atoms with Crippen molar-refractivity contribution >= 4 is 22.7 Å². The van der Waals surface area contributed by atoms with Gasteiger partial charge in [-0.25, -0.2) is 4.79 Å². The van der Waals surface area contributed by atoms with E-state index < -0.39 is 0 Å². The molecule has 1 atom stereocenters. The highest BCUT2D eigenvalue weighted by Gasteiger charge is 2.43. The number of fused-ring (bicyclic) bond motifs is 1. The number of piperidine rings is 1. The van der Waals surface area contributed by atoms with Gasteiger partial charge in [0.2, 0.25) is 0 Å². The molecule has 2 aliphatic rings. The number of hydrogen-bond acceptors (Lipinski definition) is 2. The van der Waals surface area contributed by atoms with Crippen LogP contribution in [-0.4, -0.2) is 52.5 Å². The van der Waals surface area contributed by atoms with E-state index in [0.717, 1.165) is 62.3 Å². The highest BCUT2D eigenvalue weighted by Crippen LogP contribution is 2.41. The van der Waals surface area contributed by atoms with Crippen molar-refractivity contribution in [2.45, 2.75) is 32.2 Å². The van der Waals surface area contributed by atoms with Gasteiger partial charge >= 0.3 is 6.03 Å². The number of benzene rings is 3. The first-order chi connectivity index (χ1) is 18.5. The first-order valence-corrected chi connectivity index (χ1v) is 13.6. The Bertz CT molecular complexity index is 1450. The molecule has 6 rings (SSSR count). The molecule has 3 aromatic carbocycles. The van der Waals surface area contributed by atoms with Crippen LogP contribution < -0.4 is 5.32 Å². The number of urea groups is 1. The van der Waals surface area contributed by atoms with E-state index in [1.165, 1.54) is 10.8 Å². The summed E-state index contributed by atoms with van der Waals surface area (Å²) in [7, 11) is 0. The molecule has 1 unspecified atom stereocenters. The standard InChI is InChI=1S/C32H34N4O2/c1-24(26-13-8-10-25-9-2-3-11-27(25)26)33-31(38)36-22-17-32(23-36)15-20-35(21-16-32)30(37)28-12-4-5-14-29(28)34-18-6-7-19-34/h2-14,18-19,24H,15-17,20-23H2,1H3,(H,33,38). The summed E-state index contributed by atoms with van der Waals surface area (Å²) >= 11 is 0. The fourth-order valence-electron chi connectivity index (χ4n) is 6.23. The molecule has 3 heterocycles. The molecule has 3 amide bonds. The van der Waals surface area contributed by atoms with Crippen LogP contribution in [0, 0.1) is 5.41 Å². The van der Waals surface area contributed by atoms with Crippen molar-refractivity contribution < 1.29 is 9.59 Å². The number of nitrogens with one attached hydrogen (secondary N) is 1. The lowest BCUT2D eigenvalue weighted by Gasteiger charge is -2.39. The summed E-state index contributed by atoms with van der Waals surface area (Å²) in [5, 5.41) is 5.60. The summed E-state index contributed by atoms with van der Waals surface area (Å²) in [6, 6.07) is 26.2. The number of para-hydroxylation sites is 1. The zero-order valence-electron chi connectivity index (χ0n) is 21.8. The highest BCUT2D eigenvalue weighted by atomic mass is 16.2. The lowest BCUT2D eigenvalue weighted by Crippen LogP contribution is -2.46. The second kappa shape index (κ2) is 10.0. The third-order valence-electron chi connectivity index (χ3n) is 8.48. The molecule has 1 spiro atoms. The molecular formula is C32H34N4O2. The lowest BCUT2D eigenvalue weighted by atomic mass is 9.77. The largest absolute Gasteiger partial charge is 0.339 e. The Morgan fingerprint density at radius 2 is 1.45 bits per heavy atom. The van der Waals surface area contributed by atoms with Crippen LogP contribution >= 0.6 is 0 Å². The maximum Gasteiger partial charge on any atom is 0.317 e. The molecule has 1 aromatic heterocycles. The summed E-state index contributed by atoms with van der Waals surface area (Å²) in [4.78, 5) is 30.7. The number of likely N-dealkylation sites (tertiary alicyclic amines) is 2. The smallest absolute Gasteiger partial charge is 0.317 e. The lowest BCUT2D eigenvalue weighted by molar-refractivity contribution is 0.0593. The second-order valence-corrected chi connectivity index (χ2v) is 10.8. The molecule has 0 bridgehead atoms. The number of carbonyl (C=O) groups excluding carboxylic acids is 2. The summed E-state index contributed by atoms with van der Waals surface area (Å²) in [5.41, 5.74) is 2.87. The Morgan fingerprint density at radius 1 is 0.789 bits per heavy atom. The van der Waals surface area contributed by atoms with Gasteiger partial charge in [-0.15, -0.1) is 0 Å².